The topological polar surface area (TPSA) is 124 Å². The summed E-state index contributed by atoms with van der Waals surface area (Å²) in [4.78, 5) is 57.4. The summed E-state index contributed by atoms with van der Waals surface area (Å²) < 4.78 is 0. The second kappa shape index (κ2) is 13.4. The predicted octanol–water partition coefficient (Wildman–Crippen LogP) is 4.22. The predicted molar refractivity (Wildman–Crippen MR) is 179 cm³/mol. The second-order valence-electron chi connectivity index (χ2n) is 13.8. The SMILES string of the molecule is CC(C)c1cnc(NC2CCN(c3ccc(CN4CCC(c5ccc6c(c5)CN(C5CCC(=O)NC5=O)C6=O)CC4)nc3)CC2)nc1. The van der Waals surface area contributed by atoms with Crippen molar-refractivity contribution in [2.75, 3.05) is 36.4 Å². The lowest BCUT2D eigenvalue weighted by molar-refractivity contribution is -0.136. The van der Waals surface area contributed by atoms with Crippen molar-refractivity contribution in [1.29, 1.82) is 0 Å². The van der Waals surface area contributed by atoms with Crippen LogP contribution in [-0.4, -0.2) is 80.7 Å². The number of hydrogen-bond donors (Lipinski definition) is 2. The highest BCUT2D eigenvalue weighted by molar-refractivity contribution is 6.05. The third-order valence-corrected chi connectivity index (χ3v) is 10.3. The fraction of sp³-hybridized carbons (Fsp3) is 0.500. The fourth-order valence-corrected chi connectivity index (χ4v) is 7.37. The van der Waals surface area contributed by atoms with E-state index in [1.165, 1.54) is 11.3 Å². The van der Waals surface area contributed by atoms with Gasteiger partial charge in [-0.1, -0.05) is 26.0 Å². The number of pyridine rings is 1. The number of rotatable bonds is 8. The van der Waals surface area contributed by atoms with E-state index >= 15 is 0 Å². The molecule has 4 aliphatic rings. The van der Waals surface area contributed by atoms with Gasteiger partial charge in [-0.15, -0.1) is 0 Å². The zero-order chi connectivity index (χ0) is 32.5. The Balaban J connectivity index is 0.870. The van der Waals surface area contributed by atoms with E-state index < -0.39 is 6.04 Å². The minimum atomic E-state index is -0.578. The van der Waals surface area contributed by atoms with Crippen molar-refractivity contribution in [3.63, 3.8) is 0 Å². The van der Waals surface area contributed by atoms with E-state index in [1.54, 1.807) is 4.90 Å². The Hall–Kier alpha value is -4.38. The van der Waals surface area contributed by atoms with E-state index in [1.807, 2.05) is 24.7 Å². The molecule has 11 heteroatoms. The van der Waals surface area contributed by atoms with E-state index in [0.717, 1.165) is 75.2 Å². The first-order valence-corrected chi connectivity index (χ1v) is 17.1. The van der Waals surface area contributed by atoms with Crippen LogP contribution in [0, 0.1) is 0 Å². The molecule has 11 nitrogen and oxygen atoms in total. The number of carbonyl (C=O) groups excluding carboxylic acids is 3. The Kier molecular flexibility index (Phi) is 8.90. The Morgan fingerprint density at radius 1 is 0.894 bits per heavy atom. The standard InChI is InChI=1S/C36H44N8O3/c1-23(2)27-18-38-36(39-19-27)40-28-11-15-43(16-12-28)30-5-4-29(37-20-30)22-42-13-9-24(10-14-42)25-3-6-31-26(17-25)21-44(35(31)47)32-7-8-33(45)41-34(32)46/h3-6,17-20,23-24,28,32H,7-16,21-22H2,1-2H3,(H,38,39,40)(H,41,45,46). The van der Waals surface area contributed by atoms with Crippen LogP contribution < -0.4 is 15.5 Å². The molecule has 4 aliphatic heterocycles. The van der Waals surface area contributed by atoms with Gasteiger partial charge in [0, 0.05) is 56.6 Å². The van der Waals surface area contributed by atoms with Gasteiger partial charge in [0.1, 0.15) is 6.04 Å². The molecule has 3 saturated heterocycles. The molecule has 3 aromatic rings. The van der Waals surface area contributed by atoms with Crippen LogP contribution in [0.2, 0.25) is 0 Å². The molecule has 2 aromatic heterocycles. The van der Waals surface area contributed by atoms with Gasteiger partial charge in [0.25, 0.3) is 5.91 Å². The molecule has 0 saturated carbocycles. The third kappa shape index (κ3) is 6.86. The smallest absolute Gasteiger partial charge is 0.255 e. The molecule has 1 unspecified atom stereocenters. The van der Waals surface area contributed by atoms with Gasteiger partial charge in [-0.2, -0.15) is 0 Å². The Bertz CT molecular complexity index is 1610. The molecule has 3 amide bonds. The summed E-state index contributed by atoms with van der Waals surface area (Å²) >= 11 is 0. The molecular weight excluding hydrogens is 592 g/mol. The normalized spacial score (nSPS) is 21.3. The molecule has 1 aromatic carbocycles. The first-order valence-electron chi connectivity index (χ1n) is 17.1. The largest absolute Gasteiger partial charge is 0.370 e. The number of nitrogens with zero attached hydrogens (tertiary/aromatic N) is 6. The summed E-state index contributed by atoms with van der Waals surface area (Å²) in [6.45, 7) is 9.51. The van der Waals surface area contributed by atoms with E-state index in [0.29, 0.717) is 42.4 Å². The number of hydrogen-bond acceptors (Lipinski definition) is 9. The first kappa shape index (κ1) is 31.2. The zero-order valence-electron chi connectivity index (χ0n) is 27.3. The molecule has 0 bridgehead atoms. The van der Waals surface area contributed by atoms with Crippen LogP contribution in [-0.2, 0) is 22.7 Å². The quantitative estimate of drug-likeness (QED) is 0.350. The van der Waals surface area contributed by atoms with Gasteiger partial charge in [0.05, 0.1) is 17.6 Å². The lowest BCUT2D eigenvalue weighted by atomic mass is 9.88. The van der Waals surface area contributed by atoms with Gasteiger partial charge >= 0.3 is 0 Å². The maximum absolute atomic E-state index is 13.1. The van der Waals surface area contributed by atoms with Gasteiger partial charge in [-0.25, -0.2) is 9.97 Å². The number of amides is 3. The van der Waals surface area contributed by atoms with Gasteiger partial charge < -0.3 is 15.1 Å². The lowest BCUT2D eigenvalue weighted by Gasteiger charge is -2.34. The number of anilines is 2. The molecule has 2 N–H and O–H groups in total. The summed E-state index contributed by atoms with van der Waals surface area (Å²) in [5.74, 6) is 0.831. The van der Waals surface area contributed by atoms with Crippen molar-refractivity contribution in [2.45, 2.75) is 89.4 Å². The Morgan fingerprint density at radius 3 is 2.34 bits per heavy atom. The van der Waals surface area contributed by atoms with Crippen LogP contribution in [0.25, 0.3) is 0 Å². The zero-order valence-corrected chi connectivity index (χ0v) is 27.3. The molecule has 246 valence electrons. The average molecular weight is 637 g/mol. The van der Waals surface area contributed by atoms with Crippen molar-refractivity contribution in [1.82, 2.24) is 30.1 Å². The van der Waals surface area contributed by atoms with Gasteiger partial charge in [-0.05, 0) is 91.9 Å². The van der Waals surface area contributed by atoms with Crippen molar-refractivity contribution in [3.8, 4) is 0 Å². The summed E-state index contributed by atoms with van der Waals surface area (Å²) in [5, 5.41) is 5.89. The molecule has 47 heavy (non-hydrogen) atoms. The van der Waals surface area contributed by atoms with Gasteiger partial charge in [0.2, 0.25) is 17.8 Å². The number of nitrogens with one attached hydrogen (secondary N) is 2. The van der Waals surface area contributed by atoms with Crippen LogP contribution in [0.1, 0.15) is 97.0 Å². The highest BCUT2D eigenvalue weighted by Crippen LogP contribution is 2.34. The summed E-state index contributed by atoms with van der Waals surface area (Å²) in [6, 6.07) is 10.3. The van der Waals surface area contributed by atoms with Gasteiger partial charge in [0.15, 0.2) is 0 Å². The van der Waals surface area contributed by atoms with Crippen molar-refractivity contribution < 1.29 is 14.4 Å². The van der Waals surface area contributed by atoms with Crippen LogP contribution in [0.15, 0.2) is 48.9 Å². The molecule has 0 radical (unpaired) electrons. The minimum Gasteiger partial charge on any atom is -0.370 e. The molecule has 7 rings (SSSR count). The van der Waals surface area contributed by atoms with Crippen LogP contribution in [0.5, 0.6) is 0 Å². The van der Waals surface area contributed by atoms with Crippen molar-refractivity contribution in [3.05, 3.63) is 76.9 Å². The van der Waals surface area contributed by atoms with E-state index in [2.05, 4.69) is 68.5 Å². The highest BCUT2D eigenvalue weighted by atomic mass is 16.2. The van der Waals surface area contributed by atoms with E-state index in [9.17, 15) is 14.4 Å². The number of likely N-dealkylation sites (tertiary alicyclic amines) is 1. The monoisotopic (exact) mass is 636 g/mol. The molecule has 3 fully saturated rings. The number of benzene rings is 1. The fourth-order valence-electron chi connectivity index (χ4n) is 7.37. The number of piperidine rings is 3. The summed E-state index contributed by atoms with van der Waals surface area (Å²) in [5.41, 5.74) is 6.34. The van der Waals surface area contributed by atoms with Crippen molar-refractivity contribution >= 4 is 29.4 Å². The lowest BCUT2D eigenvalue weighted by Crippen LogP contribution is -2.52. The number of fused-ring (bicyclic) bond motifs is 1. The molecule has 0 spiro atoms. The van der Waals surface area contributed by atoms with E-state index in [-0.39, 0.29) is 24.1 Å². The highest BCUT2D eigenvalue weighted by Gasteiger charge is 2.39. The van der Waals surface area contributed by atoms with E-state index in [4.69, 9.17) is 4.98 Å². The number of imide groups is 1. The Morgan fingerprint density at radius 2 is 1.66 bits per heavy atom. The van der Waals surface area contributed by atoms with Crippen LogP contribution in [0.4, 0.5) is 11.6 Å². The molecular formula is C36H44N8O3. The minimum absolute atomic E-state index is 0.116. The maximum Gasteiger partial charge on any atom is 0.255 e. The summed E-state index contributed by atoms with van der Waals surface area (Å²) in [7, 11) is 0. The first-order chi connectivity index (χ1) is 22.8. The van der Waals surface area contributed by atoms with Crippen LogP contribution >= 0.6 is 0 Å². The number of carbonyl (C=O) groups is 3. The maximum atomic E-state index is 13.1. The Labute approximate surface area is 276 Å². The van der Waals surface area contributed by atoms with Crippen LogP contribution in [0.3, 0.4) is 0 Å². The van der Waals surface area contributed by atoms with Crippen molar-refractivity contribution in [2.24, 2.45) is 0 Å². The van der Waals surface area contributed by atoms with Gasteiger partial charge in [-0.3, -0.25) is 29.6 Å². The average Bonchev–Trinajstić information content (AvgIpc) is 3.41. The number of aromatic nitrogens is 3. The molecule has 1 atom stereocenters. The second-order valence-corrected chi connectivity index (χ2v) is 13.8. The molecule has 0 aliphatic carbocycles. The molecule has 6 heterocycles. The third-order valence-electron chi connectivity index (χ3n) is 10.3. The summed E-state index contributed by atoms with van der Waals surface area (Å²) in [6.07, 6.45) is 10.7.